The van der Waals surface area contributed by atoms with Crippen LogP contribution in [0.1, 0.15) is 303 Å². The van der Waals surface area contributed by atoms with Crippen LogP contribution in [0.25, 0.3) is 0 Å². The van der Waals surface area contributed by atoms with Crippen molar-refractivity contribution in [2.75, 3.05) is 22.1 Å². The van der Waals surface area contributed by atoms with Crippen molar-refractivity contribution in [1.82, 2.24) is 0 Å². The monoisotopic (exact) mass is 1230 g/mol. The Morgan fingerprint density at radius 1 is 0.254 bits per heavy atom. The van der Waals surface area contributed by atoms with E-state index in [9.17, 15) is 0 Å². The molecule has 71 heavy (non-hydrogen) atoms. The number of ether oxygens (including phenoxy) is 3. The smallest absolute Gasteiger partial charge is 0.160 e. The molecule has 428 valence electrons. The summed E-state index contributed by atoms with van der Waals surface area (Å²) >= 11 is 5.07. The van der Waals surface area contributed by atoms with Crippen LogP contribution in [0.5, 0.6) is 0 Å². The number of hydrogen-bond acceptors (Lipinski definition) is 3. The molecule has 16 atom stereocenters. The highest BCUT2D eigenvalue weighted by atomic mass is 127. The summed E-state index contributed by atoms with van der Waals surface area (Å²) in [4.78, 5) is 0. The summed E-state index contributed by atoms with van der Waals surface area (Å²) in [5.74, 6) is 11.5. The SMILES string of the molecule is CCCCCCOC(CCCC(C)CC(C)CC(C)CC(C)CC(C)CC(C)CC(C)CCCI)OC(CCCC(C)CC(C)CC(C)CC(C)CC(C)CC(C)CC(C)CCCI)OCCCCCC. The molecule has 0 aliphatic carbocycles. The van der Waals surface area contributed by atoms with Crippen LogP contribution in [-0.2, 0) is 14.2 Å². The summed E-state index contributed by atoms with van der Waals surface area (Å²) in [5.41, 5.74) is 0. The standard InChI is InChI=1S/C66H132I2O3/c1-17-19-21-23-37-69-65(33-25-29-51(3)39-55(7)43-59(11)47-63(15)49-61(13)45-57(9)41-53(5)31-27-35-67)71-66(70-38-24-22-20-18-2)34-26-30-52(4)40-56(8)44-60(12)48-64(16)50-62(14)46-58(10)42-54(6)32-28-36-68/h51-66H,17-50H2,1-16H3. The van der Waals surface area contributed by atoms with Gasteiger partial charge in [0.1, 0.15) is 0 Å². The quantitative estimate of drug-likeness (QED) is 0.0263. The molecule has 0 aliphatic heterocycles. The zero-order chi connectivity index (χ0) is 53.4. The van der Waals surface area contributed by atoms with E-state index in [4.69, 9.17) is 14.2 Å². The second kappa shape index (κ2) is 47.3. The molecule has 0 aromatic rings. The van der Waals surface area contributed by atoms with Gasteiger partial charge in [-0.05, 0) is 233 Å². The van der Waals surface area contributed by atoms with Gasteiger partial charge < -0.3 is 14.2 Å². The van der Waals surface area contributed by atoms with Crippen molar-refractivity contribution >= 4 is 45.2 Å². The third-order valence-corrected chi connectivity index (χ3v) is 18.0. The van der Waals surface area contributed by atoms with Gasteiger partial charge in [-0.25, -0.2) is 0 Å². The lowest BCUT2D eigenvalue weighted by Crippen LogP contribution is -2.28. The van der Waals surface area contributed by atoms with E-state index < -0.39 is 0 Å². The van der Waals surface area contributed by atoms with Gasteiger partial charge in [0, 0.05) is 13.2 Å². The zero-order valence-corrected chi connectivity index (χ0v) is 55.6. The van der Waals surface area contributed by atoms with Crippen LogP contribution >= 0.6 is 45.2 Å². The van der Waals surface area contributed by atoms with Crippen molar-refractivity contribution in [3.63, 3.8) is 0 Å². The Morgan fingerprint density at radius 3 is 0.704 bits per heavy atom. The van der Waals surface area contributed by atoms with E-state index in [0.717, 1.165) is 122 Å². The molecule has 0 aromatic heterocycles. The van der Waals surface area contributed by atoms with Crippen molar-refractivity contribution in [2.45, 2.75) is 316 Å². The van der Waals surface area contributed by atoms with E-state index in [1.807, 2.05) is 0 Å². The fourth-order valence-corrected chi connectivity index (χ4v) is 14.7. The molecule has 0 bridgehead atoms. The number of unbranched alkanes of at least 4 members (excludes halogenated alkanes) is 6. The Balaban J connectivity index is 5.12. The summed E-state index contributed by atoms with van der Waals surface area (Å²) in [6.45, 7) is 41.4. The number of rotatable bonds is 52. The lowest BCUT2D eigenvalue weighted by Gasteiger charge is -2.27. The van der Waals surface area contributed by atoms with Crippen molar-refractivity contribution in [2.24, 2.45) is 82.9 Å². The molecule has 0 amide bonds. The normalized spacial score (nSPS) is 19.2. The molecule has 16 unspecified atom stereocenters. The first-order valence-electron chi connectivity index (χ1n) is 31.8. The lowest BCUT2D eigenvalue weighted by molar-refractivity contribution is -0.250. The molecule has 0 radical (unpaired) electrons. The van der Waals surface area contributed by atoms with Gasteiger partial charge in [-0.3, -0.25) is 0 Å². The maximum absolute atomic E-state index is 6.88. The van der Waals surface area contributed by atoms with Crippen LogP contribution < -0.4 is 0 Å². The molecule has 3 nitrogen and oxygen atoms in total. The summed E-state index contributed by atoms with van der Waals surface area (Å²) in [7, 11) is 0. The first-order valence-corrected chi connectivity index (χ1v) is 34.9. The van der Waals surface area contributed by atoms with E-state index >= 15 is 0 Å². The minimum absolute atomic E-state index is 0.162. The first-order chi connectivity index (χ1) is 33.8. The molecule has 0 heterocycles. The van der Waals surface area contributed by atoms with Gasteiger partial charge >= 0.3 is 0 Å². The van der Waals surface area contributed by atoms with Gasteiger partial charge in [0.15, 0.2) is 12.6 Å². The average molecular weight is 1230 g/mol. The van der Waals surface area contributed by atoms with Gasteiger partial charge in [0.2, 0.25) is 0 Å². The van der Waals surface area contributed by atoms with Crippen LogP contribution in [0.2, 0.25) is 0 Å². The predicted molar refractivity (Wildman–Crippen MR) is 336 cm³/mol. The van der Waals surface area contributed by atoms with Crippen molar-refractivity contribution < 1.29 is 14.2 Å². The Morgan fingerprint density at radius 2 is 0.479 bits per heavy atom. The molecule has 0 saturated carbocycles. The molecular formula is C66H132I2O3. The summed E-state index contributed by atoms with van der Waals surface area (Å²) < 4.78 is 22.7. The van der Waals surface area contributed by atoms with Gasteiger partial charge in [-0.1, -0.05) is 207 Å². The summed E-state index contributed by atoms with van der Waals surface area (Å²) in [5, 5.41) is 0. The molecule has 5 heteroatoms. The maximum Gasteiger partial charge on any atom is 0.160 e. The van der Waals surface area contributed by atoms with Crippen LogP contribution in [-0.4, -0.2) is 34.6 Å². The van der Waals surface area contributed by atoms with Crippen LogP contribution in [0.4, 0.5) is 0 Å². The number of halogens is 2. The zero-order valence-electron chi connectivity index (χ0n) is 51.3. The fourth-order valence-electron chi connectivity index (χ4n) is 13.8. The lowest BCUT2D eigenvalue weighted by atomic mass is 9.80. The van der Waals surface area contributed by atoms with Crippen molar-refractivity contribution in [3.05, 3.63) is 0 Å². The third-order valence-electron chi connectivity index (χ3n) is 16.5. The molecule has 0 spiro atoms. The molecule has 0 aliphatic rings. The van der Waals surface area contributed by atoms with E-state index in [2.05, 4.69) is 156 Å². The molecule has 0 fully saturated rings. The average Bonchev–Trinajstić information content (AvgIpc) is 3.26. The molecule has 0 rings (SSSR count). The van der Waals surface area contributed by atoms with E-state index in [1.165, 1.54) is 176 Å². The second-order valence-electron chi connectivity index (χ2n) is 26.7. The highest BCUT2D eigenvalue weighted by Crippen LogP contribution is 2.33. The summed E-state index contributed by atoms with van der Waals surface area (Å²) in [6, 6.07) is 0. The molecule has 0 aromatic carbocycles. The predicted octanol–water partition coefficient (Wildman–Crippen LogP) is 23.2. The molecule has 0 N–H and O–H groups in total. The summed E-state index contributed by atoms with van der Waals surface area (Å²) in [6.07, 6.45) is 38.5. The Labute approximate surface area is 476 Å². The Bertz CT molecular complexity index is 1040. The number of hydrogen-bond donors (Lipinski definition) is 0. The Kier molecular flexibility index (Phi) is 48.2. The minimum Gasteiger partial charge on any atom is -0.353 e. The van der Waals surface area contributed by atoms with Crippen molar-refractivity contribution in [1.29, 1.82) is 0 Å². The van der Waals surface area contributed by atoms with Gasteiger partial charge in [-0.2, -0.15) is 0 Å². The van der Waals surface area contributed by atoms with Crippen LogP contribution in [0.3, 0.4) is 0 Å². The van der Waals surface area contributed by atoms with Crippen molar-refractivity contribution in [3.8, 4) is 0 Å². The minimum atomic E-state index is -0.162. The van der Waals surface area contributed by atoms with E-state index in [0.29, 0.717) is 0 Å². The number of alkyl halides is 2. The van der Waals surface area contributed by atoms with Crippen LogP contribution in [0, 0.1) is 82.9 Å². The van der Waals surface area contributed by atoms with Gasteiger partial charge in [-0.15, -0.1) is 0 Å². The first kappa shape index (κ1) is 72.3. The molecular weight excluding hydrogens is 1090 g/mol. The third kappa shape index (κ3) is 45.0. The maximum atomic E-state index is 6.88. The highest BCUT2D eigenvalue weighted by molar-refractivity contribution is 14.1. The van der Waals surface area contributed by atoms with E-state index in [1.54, 1.807) is 0 Å². The van der Waals surface area contributed by atoms with Crippen LogP contribution in [0.15, 0.2) is 0 Å². The fraction of sp³-hybridized carbons (Fsp3) is 1.00. The largest absolute Gasteiger partial charge is 0.353 e. The van der Waals surface area contributed by atoms with Gasteiger partial charge in [0.05, 0.1) is 0 Å². The highest BCUT2D eigenvalue weighted by Gasteiger charge is 2.23. The van der Waals surface area contributed by atoms with E-state index in [-0.39, 0.29) is 12.6 Å². The topological polar surface area (TPSA) is 27.7 Å². The second-order valence-corrected chi connectivity index (χ2v) is 28.8. The van der Waals surface area contributed by atoms with Gasteiger partial charge in [0.25, 0.3) is 0 Å². The Hall–Kier alpha value is 1.34. The molecule has 0 saturated heterocycles.